The maximum absolute atomic E-state index is 12.6. The number of anilines is 1. The van der Waals surface area contributed by atoms with E-state index in [1.165, 1.54) is 18.2 Å². The lowest BCUT2D eigenvalue weighted by Gasteiger charge is -2.10. The molecule has 1 atom stereocenters. The van der Waals surface area contributed by atoms with E-state index in [1.54, 1.807) is 0 Å². The van der Waals surface area contributed by atoms with Gasteiger partial charge >= 0.3 is 0 Å². The zero-order valence-corrected chi connectivity index (χ0v) is 11.5. The fourth-order valence-corrected chi connectivity index (χ4v) is 1.54. The van der Waals surface area contributed by atoms with Gasteiger partial charge in [0.1, 0.15) is 0 Å². The van der Waals surface area contributed by atoms with Crippen molar-refractivity contribution in [3.63, 3.8) is 0 Å². The summed E-state index contributed by atoms with van der Waals surface area (Å²) >= 11 is 5.79. The minimum absolute atomic E-state index is 0.0698. The molecule has 0 aliphatic rings. The van der Waals surface area contributed by atoms with Crippen LogP contribution in [0.5, 0.6) is 0 Å². The molecule has 1 aromatic carbocycles. The maximum atomic E-state index is 12.6. The Labute approximate surface area is 123 Å². The summed E-state index contributed by atoms with van der Waals surface area (Å²) in [5.41, 5.74) is 5.88. The Hall–Kier alpha value is -1.96. The van der Waals surface area contributed by atoms with E-state index in [4.69, 9.17) is 17.3 Å². The monoisotopic (exact) mass is 323 g/mol. The van der Waals surface area contributed by atoms with Crippen molar-refractivity contribution in [2.45, 2.75) is 12.6 Å². The lowest BCUT2D eigenvalue weighted by Crippen LogP contribution is -2.40. The van der Waals surface area contributed by atoms with Crippen LogP contribution in [0.1, 0.15) is 10.4 Å². The van der Waals surface area contributed by atoms with E-state index in [2.05, 4.69) is 5.32 Å². The lowest BCUT2D eigenvalue weighted by molar-refractivity contribution is -0.120. The first-order chi connectivity index (χ1) is 9.81. The summed E-state index contributed by atoms with van der Waals surface area (Å²) in [6.45, 7) is -1.33. The van der Waals surface area contributed by atoms with Crippen molar-refractivity contribution in [1.82, 2.24) is 10.6 Å². The molecule has 0 aliphatic carbocycles. The third-order valence-corrected chi connectivity index (χ3v) is 2.74. The maximum Gasteiger partial charge on any atom is 0.271 e. The number of nitrogens with one attached hydrogen (secondary N) is 2. The number of rotatable bonds is 6. The van der Waals surface area contributed by atoms with Crippen LogP contribution in [0.3, 0.4) is 0 Å². The summed E-state index contributed by atoms with van der Waals surface area (Å²) in [6.07, 6.45) is -5.63. The molecule has 0 heterocycles. The molecule has 0 bridgehead atoms. The molecule has 21 heavy (non-hydrogen) atoms. The second-order valence-corrected chi connectivity index (χ2v) is 4.48. The summed E-state index contributed by atoms with van der Waals surface area (Å²) in [6, 6.07) is 4.24. The third kappa shape index (κ3) is 5.50. The molecule has 0 spiro atoms. The van der Waals surface area contributed by atoms with Gasteiger partial charge in [0, 0.05) is 5.69 Å². The number of hydrogen-bond donors (Lipinski definition) is 3. The largest absolute Gasteiger partial charge is 0.399 e. The van der Waals surface area contributed by atoms with Gasteiger partial charge in [0.05, 0.1) is 23.7 Å². The zero-order valence-electron chi connectivity index (χ0n) is 10.7. The van der Waals surface area contributed by atoms with Crippen LogP contribution in [0.4, 0.5) is 18.9 Å². The first-order valence-electron chi connectivity index (χ1n) is 5.83. The Morgan fingerprint density at radius 1 is 1.24 bits per heavy atom. The molecule has 116 valence electrons. The zero-order chi connectivity index (χ0) is 16.0. The SMILES string of the molecule is Nc1ccc(Cl)c(C(=O)NCC(=O)NCC(F)C(F)F)c1. The smallest absolute Gasteiger partial charge is 0.271 e. The van der Waals surface area contributed by atoms with E-state index < -0.39 is 37.5 Å². The average Bonchev–Trinajstić information content (AvgIpc) is 2.44. The molecule has 0 saturated carbocycles. The first kappa shape index (κ1) is 17.1. The van der Waals surface area contributed by atoms with E-state index in [1.807, 2.05) is 5.32 Å². The molecular formula is C12H13ClF3N3O2. The van der Waals surface area contributed by atoms with Crippen LogP contribution in [0.25, 0.3) is 0 Å². The van der Waals surface area contributed by atoms with Crippen LogP contribution in [0, 0.1) is 0 Å². The van der Waals surface area contributed by atoms with Crippen LogP contribution in [0.2, 0.25) is 5.02 Å². The summed E-state index contributed by atoms with van der Waals surface area (Å²) in [5, 5.41) is 4.29. The number of nitrogen functional groups attached to an aromatic ring is 1. The molecule has 1 aromatic rings. The Bertz CT molecular complexity index is 528. The van der Waals surface area contributed by atoms with Crippen LogP contribution in [-0.2, 0) is 4.79 Å². The predicted molar refractivity (Wildman–Crippen MR) is 72.1 cm³/mol. The Kier molecular flexibility index (Phi) is 6.29. The number of amides is 2. The van der Waals surface area contributed by atoms with Crippen LogP contribution in [0.15, 0.2) is 18.2 Å². The molecule has 1 unspecified atom stereocenters. The molecule has 9 heteroatoms. The van der Waals surface area contributed by atoms with Gasteiger partial charge in [0.2, 0.25) is 5.91 Å². The predicted octanol–water partition coefficient (Wildman–Crippen LogP) is 1.37. The van der Waals surface area contributed by atoms with Crippen molar-refractivity contribution in [3.8, 4) is 0 Å². The van der Waals surface area contributed by atoms with Gasteiger partial charge in [-0.05, 0) is 18.2 Å². The molecule has 0 fully saturated rings. The fourth-order valence-electron chi connectivity index (χ4n) is 1.34. The molecule has 0 aliphatic heterocycles. The van der Waals surface area contributed by atoms with Crippen molar-refractivity contribution >= 4 is 29.1 Å². The number of nitrogens with two attached hydrogens (primary N) is 1. The minimum Gasteiger partial charge on any atom is -0.399 e. The Balaban J connectivity index is 2.46. The highest BCUT2D eigenvalue weighted by atomic mass is 35.5. The minimum atomic E-state index is -3.18. The lowest BCUT2D eigenvalue weighted by atomic mass is 10.2. The van der Waals surface area contributed by atoms with Crippen molar-refractivity contribution in [2.75, 3.05) is 18.8 Å². The molecular weight excluding hydrogens is 311 g/mol. The van der Waals surface area contributed by atoms with Crippen molar-refractivity contribution in [3.05, 3.63) is 28.8 Å². The van der Waals surface area contributed by atoms with Gasteiger partial charge in [-0.25, -0.2) is 13.2 Å². The number of hydrogen-bond acceptors (Lipinski definition) is 3. The van der Waals surface area contributed by atoms with Gasteiger partial charge in [-0.15, -0.1) is 0 Å². The second-order valence-electron chi connectivity index (χ2n) is 4.08. The van der Waals surface area contributed by atoms with Gasteiger partial charge in [-0.3, -0.25) is 9.59 Å². The average molecular weight is 324 g/mol. The molecule has 4 N–H and O–H groups in total. The van der Waals surface area contributed by atoms with E-state index in [-0.39, 0.29) is 10.6 Å². The van der Waals surface area contributed by atoms with Gasteiger partial charge in [-0.2, -0.15) is 0 Å². The highest BCUT2D eigenvalue weighted by Crippen LogP contribution is 2.18. The number of carbonyl (C=O) groups excluding carboxylic acids is 2. The summed E-state index contributed by atoms with van der Waals surface area (Å²) < 4.78 is 36.3. The topological polar surface area (TPSA) is 84.2 Å². The summed E-state index contributed by atoms with van der Waals surface area (Å²) in [5.74, 6) is -1.46. The molecule has 5 nitrogen and oxygen atoms in total. The highest BCUT2D eigenvalue weighted by Gasteiger charge is 2.20. The molecule has 0 aromatic heterocycles. The van der Waals surface area contributed by atoms with E-state index in [0.717, 1.165) is 0 Å². The van der Waals surface area contributed by atoms with Gasteiger partial charge < -0.3 is 16.4 Å². The van der Waals surface area contributed by atoms with Crippen LogP contribution >= 0.6 is 11.6 Å². The van der Waals surface area contributed by atoms with E-state index in [9.17, 15) is 22.8 Å². The summed E-state index contributed by atoms with van der Waals surface area (Å²) in [4.78, 5) is 23.0. The standard InChI is InChI=1S/C12H13ClF3N3O2/c13-8-2-1-6(17)3-7(8)12(21)19-5-10(20)18-4-9(14)11(15)16/h1-3,9,11H,4-5,17H2,(H,18,20)(H,19,21). The summed E-state index contributed by atoms with van der Waals surface area (Å²) in [7, 11) is 0. The number of alkyl halides is 3. The van der Waals surface area contributed by atoms with E-state index in [0.29, 0.717) is 5.69 Å². The Morgan fingerprint density at radius 2 is 1.90 bits per heavy atom. The van der Waals surface area contributed by atoms with Crippen molar-refractivity contribution in [2.24, 2.45) is 0 Å². The molecule has 0 saturated heterocycles. The normalized spacial score (nSPS) is 12.0. The molecule has 2 amide bonds. The Morgan fingerprint density at radius 3 is 2.52 bits per heavy atom. The number of carbonyl (C=O) groups is 2. The second kappa shape index (κ2) is 7.72. The van der Waals surface area contributed by atoms with Gasteiger partial charge in [0.25, 0.3) is 12.3 Å². The number of benzene rings is 1. The molecule has 0 radical (unpaired) electrons. The van der Waals surface area contributed by atoms with E-state index >= 15 is 0 Å². The van der Waals surface area contributed by atoms with Crippen molar-refractivity contribution < 1.29 is 22.8 Å². The van der Waals surface area contributed by atoms with Crippen LogP contribution < -0.4 is 16.4 Å². The number of halogens is 4. The van der Waals surface area contributed by atoms with Gasteiger partial charge in [-0.1, -0.05) is 11.6 Å². The fraction of sp³-hybridized carbons (Fsp3) is 0.333. The quantitative estimate of drug-likeness (QED) is 0.691. The van der Waals surface area contributed by atoms with Crippen LogP contribution in [-0.4, -0.2) is 37.5 Å². The first-order valence-corrected chi connectivity index (χ1v) is 6.21. The third-order valence-electron chi connectivity index (χ3n) is 2.41. The van der Waals surface area contributed by atoms with Crippen molar-refractivity contribution in [1.29, 1.82) is 0 Å². The highest BCUT2D eigenvalue weighted by molar-refractivity contribution is 6.34. The molecule has 1 rings (SSSR count). The van der Waals surface area contributed by atoms with Gasteiger partial charge in [0.15, 0.2) is 6.17 Å².